The highest BCUT2D eigenvalue weighted by Gasteiger charge is 2.45. The Kier molecular flexibility index (Phi) is 8.62. The summed E-state index contributed by atoms with van der Waals surface area (Å²) < 4.78 is 12.6. The van der Waals surface area contributed by atoms with Crippen LogP contribution in [0.4, 0.5) is 4.79 Å². The molecule has 4 aliphatic heterocycles. The Hall–Kier alpha value is -3.54. The van der Waals surface area contributed by atoms with E-state index >= 15 is 0 Å². The molecule has 0 aliphatic carbocycles. The number of ether oxygens (including phenoxy) is 2. The second kappa shape index (κ2) is 12.2. The molecule has 2 fully saturated rings. The van der Waals surface area contributed by atoms with Crippen LogP contribution in [0.2, 0.25) is 19.6 Å². The van der Waals surface area contributed by atoms with Crippen LogP contribution in [0.1, 0.15) is 69.1 Å². The number of nitrogens with zero attached hydrogens (tertiary/aromatic N) is 4. The summed E-state index contributed by atoms with van der Waals surface area (Å²) in [4.78, 5) is 48.7. The molecule has 0 bridgehead atoms. The number of amides is 1. The number of pyridine rings is 2. The van der Waals surface area contributed by atoms with E-state index in [0.29, 0.717) is 59.3 Å². The number of hydrogen-bond donors (Lipinski definition) is 1. The quantitative estimate of drug-likeness (QED) is 0.256. The van der Waals surface area contributed by atoms with E-state index in [-0.39, 0.29) is 24.7 Å². The van der Waals surface area contributed by atoms with Crippen molar-refractivity contribution in [2.75, 3.05) is 26.2 Å². The zero-order valence-electron chi connectivity index (χ0n) is 27.8. The van der Waals surface area contributed by atoms with Crippen LogP contribution >= 0.6 is 0 Å². The predicted molar refractivity (Wildman–Crippen MR) is 179 cm³/mol. The molecular formula is C35H46N4O6Si. The van der Waals surface area contributed by atoms with Crippen molar-refractivity contribution in [2.45, 2.75) is 96.8 Å². The molecule has 1 atom stereocenters. The average molecular weight is 647 g/mol. The predicted octanol–water partition coefficient (Wildman–Crippen LogP) is 2.65. The van der Waals surface area contributed by atoms with Crippen molar-refractivity contribution in [3.63, 3.8) is 0 Å². The van der Waals surface area contributed by atoms with Gasteiger partial charge in [0.2, 0.25) is 0 Å². The van der Waals surface area contributed by atoms with E-state index in [1.54, 1.807) is 35.5 Å². The summed E-state index contributed by atoms with van der Waals surface area (Å²) in [6, 6.07) is 2.28. The lowest BCUT2D eigenvalue weighted by Gasteiger charge is -2.39. The van der Waals surface area contributed by atoms with Crippen LogP contribution < -0.4 is 21.3 Å². The average Bonchev–Trinajstić information content (AvgIpc) is 3.39. The van der Waals surface area contributed by atoms with E-state index in [1.165, 1.54) is 19.3 Å². The van der Waals surface area contributed by atoms with Crippen molar-refractivity contribution in [1.29, 1.82) is 0 Å². The third kappa shape index (κ3) is 5.66. The third-order valence-electron chi connectivity index (χ3n) is 10.1. The monoisotopic (exact) mass is 646 g/mol. The Labute approximate surface area is 271 Å². The van der Waals surface area contributed by atoms with Gasteiger partial charge in [-0.3, -0.25) is 4.79 Å². The Bertz CT molecular complexity index is 1780. The van der Waals surface area contributed by atoms with Gasteiger partial charge in [-0.1, -0.05) is 39.6 Å². The number of likely N-dealkylation sites (tertiary alicyclic amines) is 2. The second-order valence-electron chi connectivity index (χ2n) is 14.2. The minimum absolute atomic E-state index is 0.0816. The molecule has 0 unspecified atom stereocenters. The largest absolute Gasteiger partial charge is 0.458 e. The van der Waals surface area contributed by atoms with E-state index in [2.05, 4.69) is 31.1 Å². The Morgan fingerprint density at radius 3 is 2.50 bits per heavy atom. The first-order valence-corrected chi connectivity index (χ1v) is 20.1. The van der Waals surface area contributed by atoms with Crippen LogP contribution in [0.15, 0.2) is 22.7 Å². The van der Waals surface area contributed by atoms with Gasteiger partial charge in [0.25, 0.3) is 5.56 Å². The van der Waals surface area contributed by atoms with Gasteiger partial charge in [0, 0.05) is 24.7 Å². The second-order valence-corrected chi connectivity index (χ2v) is 19.2. The molecule has 0 radical (unpaired) electrons. The fourth-order valence-corrected chi connectivity index (χ4v) is 9.77. The van der Waals surface area contributed by atoms with Crippen LogP contribution in [0.3, 0.4) is 0 Å². The molecule has 0 spiro atoms. The fraction of sp³-hybridized carbons (Fsp3) is 0.543. The molecule has 4 aliphatic rings. The Morgan fingerprint density at radius 1 is 1.15 bits per heavy atom. The van der Waals surface area contributed by atoms with Gasteiger partial charge in [-0.15, -0.1) is 0 Å². The maximum absolute atomic E-state index is 13.7. The maximum Gasteiger partial charge on any atom is 0.414 e. The Balaban J connectivity index is 1.30. The van der Waals surface area contributed by atoms with Gasteiger partial charge < -0.3 is 28.9 Å². The molecule has 2 aromatic heterocycles. The zero-order chi connectivity index (χ0) is 33.0. The topological polar surface area (TPSA) is 114 Å². The molecule has 1 amide bonds. The lowest BCUT2D eigenvalue weighted by Crippen LogP contribution is -2.55. The standard InChI is InChI=1S/C35H46N4O6Si/c1-7-35(43)27-19-29-30-25(20-39(29)32(40)26(27)21-44-33(35)41)31(46(4,5)6)23(3)28(36-30)12-11-22(2)45-34(42)38-17-13-24(14-18-38)37-15-9-8-10-16-37/h11-12,19,24,43H,3,7-10,13-18,20-21H2,1-2,4-6H3/b22-11+,28-12+/t35-/m0/s1. The van der Waals surface area contributed by atoms with Gasteiger partial charge in [0.1, 0.15) is 12.4 Å². The fourth-order valence-electron chi connectivity index (χ4n) is 7.63. The molecule has 2 saturated heterocycles. The summed E-state index contributed by atoms with van der Waals surface area (Å²) in [6.07, 6.45) is 9.10. The summed E-state index contributed by atoms with van der Waals surface area (Å²) in [5.41, 5.74) is 0.577. The molecular weight excluding hydrogens is 600 g/mol. The van der Waals surface area contributed by atoms with Gasteiger partial charge >= 0.3 is 12.1 Å². The van der Waals surface area contributed by atoms with Crippen LogP contribution in [0, 0.1) is 0 Å². The summed E-state index contributed by atoms with van der Waals surface area (Å²) in [7, 11) is -2.01. The summed E-state index contributed by atoms with van der Waals surface area (Å²) >= 11 is 0. The number of hydrogen-bond acceptors (Lipinski definition) is 8. The van der Waals surface area contributed by atoms with E-state index in [4.69, 9.17) is 14.5 Å². The molecule has 46 heavy (non-hydrogen) atoms. The number of aliphatic hydroxyl groups is 1. The van der Waals surface area contributed by atoms with Gasteiger partial charge in [-0.2, -0.15) is 0 Å². The van der Waals surface area contributed by atoms with Crippen molar-refractivity contribution >= 4 is 38.0 Å². The van der Waals surface area contributed by atoms with Gasteiger partial charge in [-0.25, -0.2) is 14.6 Å². The van der Waals surface area contributed by atoms with Crippen LogP contribution in [-0.4, -0.2) is 76.8 Å². The molecule has 0 aromatic carbocycles. The molecule has 6 heterocycles. The first kappa shape index (κ1) is 32.4. The normalized spacial score (nSPS) is 22.7. The van der Waals surface area contributed by atoms with E-state index in [0.717, 1.165) is 41.9 Å². The van der Waals surface area contributed by atoms with Crippen LogP contribution in [0.25, 0.3) is 24.0 Å². The third-order valence-corrected chi connectivity index (χ3v) is 12.2. The lowest BCUT2D eigenvalue weighted by atomic mass is 9.86. The first-order chi connectivity index (χ1) is 21.8. The smallest absolute Gasteiger partial charge is 0.414 e. The number of piperidine rings is 2. The molecule has 11 heteroatoms. The zero-order valence-corrected chi connectivity index (χ0v) is 28.8. The lowest BCUT2D eigenvalue weighted by molar-refractivity contribution is -0.172. The Morgan fingerprint density at radius 2 is 1.85 bits per heavy atom. The minimum Gasteiger partial charge on any atom is -0.458 e. The SMILES string of the molecule is C=c1c([Si](C)(C)C)c2c(n/c1=C/C=C(\C)OC(=O)N1CCC(N3CCCCC3)CC1)-c1cc3c(c(=O)n1C2)COC(=O)[C@]3(O)CC. The van der Waals surface area contributed by atoms with Crippen molar-refractivity contribution < 1.29 is 24.2 Å². The number of carbonyl (C=O) groups excluding carboxylic acids is 2. The van der Waals surface area contributed by atoms with Crippen molar-refractivity contribution in [1.82, 2.24) is 19.4 Å². The summed E-state index contributed by atoms with van der Waals surface area (Å²) in [5, 5.41) is 13.8. The molecule has 0 saturated carbocycles. The molecule has 2 aromatic rings. The highest BCUT2D eigenvalue weighted by Crippen LogP contribution is 2.37. The number of rotatable bonds is 5. The number of fused-ring (bicyclic) bond motifs is 4. The van der Waals surface area contributed by atoms with Gasteiger partial charge in [0.15, 0.2) is 5.60 Å². The highest BCUT2D eigenvalue weighted by atomic mass is 28.3. The molecule has 1 N–H and O–H groups in total. The summed E-state index contributed by atoms with van der Waals surface area (Å²) in [6.45, 7) is 18.5. The van der Waals surface area contributed by atoms with E-state index in [1.807, 2.05) is 6.08 Å². The highest BCUT2D eigenvalue weighted by molar-refractivity contribution is 6.89. The first-order valence-electron chi connectivity index (χ1n) is 16.6. The number of cyclic esters (lactones) is 1. The number of aromatic nitrogens is 2. The maximum atomic E-state index is 13.7. The molecule has 246 valence electrons. The van der Waals surface area contributed by atoms with Gasteiger partial charge in [0.05, 0.1) is 36.9 Å². The molecule has 6 rings (SSSR count). The van der Waals surface area contributed by atoms with Crippen LogP contribution in [0.5, 0.6) is 0 Å². The van der Waals surface area contributed by atoms with Crippen molar-refractivity contribution in [2.24, 2.45) is 0 Å². The van der Waals surface area contributed by atoms with Crippen molar-refractivity contribution in [3.8, 4) is 11.4 Å². The van der Waals surface area contributed by atoms with E-state index < -0.39 is 19.6 Å². The number of allylic oxidation sites excluding steroid dienone is 2. The summed E-state index contributed by atoms with van der Waals surface area (Å²) in [5.74, 6) is -0.291. The molecule has 10 nitrogen and oxygen atoms in total. The van der Waals surface area contributed by atoms with E-state index in [9.17, 15) is 19.5 Å². The van der Waals surface area contributed by atoms with Crippen LogP contribution in [-0.2, 0) is 33.0 Å². The van der Waals surface area contributed by atoms with Crippen molar-refractivity contribution in [3.05, 3.63) is 55.5 Å². The number of esters is 1. The van der Waals surface area contributed by atoms with Gasteiger partial charge in [-0.05, 0) is 86.3 Å². The number of carbonyl (C=O) groups is 2. The minimum atomic E-state index is -2.01.